The molecular weight excluding hydrogens is 416 g/mol. The summed E-state index contributed by atoms with van der Waals surface area (Å²) in [4.78, 5) is 6.91. The van der Waals surface area contributed by atoms with E-state index in [0.29, 0.717) is 11.2 Å². The van der Waals surface area contributed by atoms with E-state index in [0.717, 1.165) is 17.1 Å². The Balaban J connectivity index is 1.67. The van der Waals surface area contributed by atoms with Crippen LogP contribution in [0.1, 0.15) is 66.5 Å². The number of hydrogen-bond donors (Lipinski definition) is 1. The van der Waals surface area contributed by atoms with Crippen molar-refractivity contribution >= 4 is 23.0 Å². The fourth-order valence-corrected chi connectivity index (χ4v) is 5.92. The van der Waals surface area contributed by atoms with Crippen molar-refractivity contribution in [3.05, 3.63) is 77.4 Å². The maximum atomic E-state index is 5.90. The zero-order valence-corrected chi connectivity index (χ0v) is 19.7. The molecule has 2 aromatic heterocycles. The van der Waals surface area contributed by atoms with Crippen LogP contribution in [0.5, 0.6) is 5.75 Å². The Labute approximate surface area is 195 Å². The van der Waals surface area contributed by atoms with Crippen LogP contribution in [-0.4, -0.2) is 21.8 Å². The highest BCUT2D eigenvalue weighted by atomic mass is 32.1. The number of benzene rings is 1. The smallest absolute Gasteiger partial charge is 0.174 e. The topological polar surface area (TPSA) is 42.3 Å². The molecule has 5 nitrogen and oxygen atoms in total. The molecule has 32 heavy (non-hydrogen) atoms. The fourth-order valence-electron chi connectivity index (χ4n) is 5.59. The third kappa shape index (κ3) is 3.47. The van der Waals surface area contributed by atoms with Gasteiger partial charge in [0, 0.05) is 23.6 Å². The van der Waals surface area contributed by atoms with Gasteiger partial charge in [0.25, 0.3) is 0 Å². The Morgan fingerprint density at radius 1 is 1.06 bits per heavy atom. The third-order valence-electron chi connectivity index (χ3n) is 6.97. The van der Waals surface area contributed by atoms with E-state index in [1.807, 2.05) is 36.5 Å². The summed E-state index contributed by atoms with van der Waals surface area (Å²) in [5.41, 5.74) is 5.90. The number of rotatable bonds is 5. The molecule has 3 aromatic rings. The summed E-state index contributed by atoms with van der Waals surface area (Å²) in [5.74, 6) is 0.813. The molecule has 166 valence electrons. The van der Waals surface area contributed by atoms with E-state index in [-0.39, 0.29) is 12.1 Å². The molecule has 0 bridgehead atoms. The molecule has 1 aliphatic carbocycles. The molecule has 5 rings (SSSR count). The molecule has 1 aliphatic heterocycles. The van der Waals surface area contributed by atoms with Crippen molar-refractivity contribution in [2.75, 3.05) is 12.0 Å². The van der Waals surface area contributed by atoms with Gasteiger partial charge in [-0.15, -0.1) is 0 Å². The van der Waals surface area contributed by atoms with E-state index >= 15 is 0 Å². The number of aryl methyl sites for hydroxylation is 1. The van der Waals surface area contributed by atoms with Gasteiger partial charge in [0.1, 0.15) is 5.75 Å². The third-order valence-corrected chi connectivity index (χ3v) is 7.29. The second-order valence-electron chi connectivity index (χ2n) is 8.80. The maximum Gasteiger partial charge on any atom is 0.174 e. The summed E-state index contributed by atoms with van der Waals surface area (Å²) in [6, 6.07) is 17.1. The first-order valence-corrected chi connectivity index (χ1v) is 11.8. The minimum absolute atomic E-state index is 0.0185. The summed E-state index contributed by atoms with van der Waals surface area (Å²) >= 11 is 5.90. The predicted molar refractivity (Wildman–Crippen MR) is 132 cm³/mol. The Kier molecular flexibility index (Phi) is 5.64. The Morgan fingerprint density at radius 3 is 2.53 bits per heavy atom. The number of methoxy groups -OCH3 is 1. The lowest BCUT2D eigenvalue weighted by atomic mass is 9.96. The molecule has 6 heteroatoms. The van der Waals surface area contributed by atoms with E-state index in [1.54, 1.807) is 7.11 Å². The van der Waals surface area contributed by atoms with Gasteiger partial charge in [0.05, 0.1) is 30.6 Å². The van der Waals surface area contributed by atoms with E-state index < -0.39 is 0 Å². The zero-order chi connectivity index (χ0) is 22.2. The number of nitrogens with one attached hydrogen (secondary N) is 1. The molecule has 1 N–H and O–H groups in total. The van der Waals surface area contributed by atoms with Gasteiger partial charge in [-0.25, -0.2) is 0 Å². The first-order chi connectivity index (χ1) is 15.6. The molecule has 1 aromatic carbocycles. The van der Waals surface area contributed by atoms with Crippen LogP contribution in [0, 0.1) is 13.8 Å². The highest BCUT2D eigenvalue weighted by molar-refractivity contribution is 7.80. The van der Waals surface area contributed by atoms with Crippen molar-refractivity contribution in [1.82, 2.24) is 14.9 Å². The largest absolute Gasteiger partial charge is 0.495 e. The lowest BCUT2D eigenvalue weighted by Gasteiger charge is -2.29. The molecule has 3 heterocycles. The number of para-hydroxylation sites is 2. The number of hydrogen-bond acceptors (Lipinski definition) is 3. The highest BCUT2D eigenvalue weighted by Crippen LogP contribution is 2.46. The lowest BCUT2D eigenvalue weighted by molar-refractivity contribution is 0.414. The second-order valence-corrected chi connectivity index (χ2v) is 9.19. The van der Waals surface area contributed by atoms with Crippen molar-refractivity contribution in [3.63, 3.8) is 0 Å². The Bertz CT molecular complexity index is 1120. The normalized spacial score (nSPS) is 21.2. The molecule has 0 unspecified atom stereocenters. The summed E-state index contributed by atoms with van der Waals surface area (Å²) in [5, 5.41) is 4.27. The van der Waals surface area contributed by atoms with E-state index in [4.69, 9.17) is 21.9 Å². The van der Waals surface area contributed by atoms with Crippen LogP contribution in [0.25, 0.3) is 0 Å². The standard InChI is InChI=1S/C26H30N4OS/c1-17-16-20(18(2)29(17)19-10-4-5-11-19)25-24(21-12-8-9-15-27-21)28-26(32)30(25)22-13-6-7-14-23(22)31-3/h6-9,12-16,19,24-25H,4-5,10-11H2,1-3H3,(H,28,32)/t24-,25+/m1/s1. The van der Waals surface area contributed by atoms with Crippen molar-refractivity contribution in [2.45, 2.75) is 57.7 Å². The number of thiocarbonyl (C=S) groups is 1. The Hall–Kier alpha value is -2.86. The number of anilines is 1. The molecule has 2 fully saturated rings. The molecule has 0 radical (unpaired) electrons. The number of ether oxygens (including phenoxy) is 1. The van der Waals surface area contributed by atoms with Crippen LogP contribution >= 0.6 is 12.2 Å². The highest BCUT2D eigenvalue weighted by Gasteiger charge is 2.43. The average molecular weight is 447 g/mol. The van der Waals surface area contributed by atoms with Crippen LogP contribution < -0.4 is 15.0 Å². The van der Waals surface area contributed by atoms with Crippen molar-refractivity contribution in [3.8, 4) is 5.75 Å². The fraction of sp³-hybridized carbons (Fsp3) is 0.385. The first-order valence-electron chi connectivity index (χ1n) is 11.4. The maximum absolute atomic E-state index is 5.90. The van der Waals surface area contributed by atoms with Gasteiger partial charge >= 0.3 is 0 Å². The van der Waals surface area contributed by atoms with Crippen LogP contribution in [0.15, 0.2) is 54.7 Å². The molecule has 2 aliphatic rings. The minimum atomic E-state index is -0.0499. The summed E-state index contributed by atoms with van der Waals surface area (Å²) in [6.07, 6.45) is 7.00. The van der Waals surface area contributed by atoms with Gasteiger partial charge < -0.3 is 19.5 Å². The first kappa shape index (κ1) is 21.0. The van der Waals surface area contributed by atoms with Crippen LogP contribution in [0.4, 0.5) is 5.69 Å². The Morgan fingerprint density at radius 2 is 1.81 bits per heavy atom. The molecule has 2 atom stereocenters. The lowest BCUT2D eigenvalue weighted by Crippen LogP contribution is -2.30. The van der Waals surface area contributed by atoms with Crippen LogP contribution in [-0.2, 0) is 0 Å². The molecule has 0 amide bonds. The average Bonchev–Trinajstić information content (AvgIpc) is 3.52. The van der Waals surface area contributed by atoms with Crippen LogP contribution in [0.2, 0.25) is 0 Å². The van der Waals surface area contributed by atoms with Gasteiger partial charge in [0.2, 0.25) is 0 Å². The van der Waals surface area contributed by atoms with Gasteiger partial charge in [0.15, 0.2) is 5.11 Å². The monoisotopic (exact) mass is 446 g/mol. The van der Waals surface area contributed by atoms with Crippen molar-refractivity contribution < 1.29 is 4.74 Å². The number of aromatic nitrogens is 2. The number of pyridine rings is 1. The summed E-state index contributed by atoms with van der Waals surface area (Å²) in [7, 11) is 1.71. The SMILES string of the molecule is COc1ccccc1N1C(=S)N[C@H](c2ccccn2)[C@@H]1c1cc(C)n(C2CCCC2)c1C. The molecular formula is C26H30N4OS. The quantitative estimate of drug-likeness (QED) is 0.502. The van der Waals surface area contributed by atoms with Crippen molar-refractivity contribution in [1.29, 1.82) is 0 Å². The molecule has 1 saturated heterocycles. The zero-order valence-electron chi connectivity index (χ0n) is 18.9. The predicted octanol–water partition coefficient (Wildman–Crippen LogP) is 5.80. The van der Waals surface area contributed by atoms with Crippen molar-refractivity contribution in [2.24, 2.45) is 0 Å². The van der Waals surface area contributed by atoms with Gasteiger partial charge in [-0.05, 0) is 74.8 Å². The van der Waals surface area contributed by atoms with E-state index in [1.165, 1.54) is 42.6 Å². The van der Waals surface area contributed by atoms with E-state index in [2.05, 4.69) is 46.8 Å². The minimum Gasteiger partial charge on any atom is -0.495 e. The molecule has 1 saturated carbocycles. The molecule has 0 spiro atoms. The second kappa shape index (κ2) is 8.58. The number of nitrogens with zero attached hydrogens (tertiary/aromatic N) is 3. The van der Waals surface area contributed by atoms with E-state index in [9.17, 15) is 0 Å². The van der Waals surface area contributed by atoms with Gasteiger partial charge in [-0.2, -0.15) is 0 Å². The van der Waals surface area contributed by atoms with Gasteiger partial charge in [-0.3, -0.25) is 4.98 Å². The van der Waals surface area contributed by atoms with Crippen LogP contribution in [0.3, 0.4) is 0 Å². The summed E-state index contributed by atoms with van der Waals surface area (Å²) < 4.78 is 8.28. The summed E-state index contributed by atoms with van der Waals surface area (Å²) in [6.45, 7) is 4.50. The van der Waals surface area contributed by atoms with Gasteiger partial charge in [-0.1, -0.05) is 31.0 Å².